The Morgan fingerprint density at radius 2 is 2.23 bits per heavy atom. The lowest BCUT2D eigenvalue weighted by Gasteiger charge is -2.32. The number of morpholine rings is 1. The smallest absolute Gasteiger partial charge is 0.275 e. The largest absolute Gasteiger partial charge is 0.475 e. The molecule has 1 aliphatic rings. The quantitative estimate of drug-likeness (QED) is 0.450. The van der Waals surface area contributed by atoms with E-state index in [1.165, 1.54) is 11.8 Å². The molecule has 1 unspecified atom stereocenters. The van der Waals surface area contributed by atoms with E-state index in [0.29, 0.717) is 43.0 Å². The summed E-state index contributed by atoms with van der Waals surface area (Å²) >= 11 is 1.44. The maximum absolute atomic E-state index is 13.0. The summed E-state index contributed by atoms with van der Waals surface area (Å²) in [6, 6.07) is 9.35. The summed E-state index contributed by atoms with van der Waals surface area (Å²) in [4.78, 5) is 23.5. The first kappa shape index (κ1) is 20.6. The maximum atomic E-state index is 13.0. The summed E-state index contributed by atoms with van der Waals surface area (Å²) in [6.45, 7) is 2.04. The number of carbonyl (C=O) groups excluding carboxylic acids is 1. The molecule has 0 aliphatic carbocycles. The number of fused-ring (bicyclic) bond motifs is 1. The number of H-pyrrole nitrogens is 1. The average Bonchev–Trinajstić information content (AvgIpc) is 3.21. The standard InChI is InChI=1S/C20H23N5O4S/c1-27-11-13-9-17(22-20(21-13)30-2)29-12-14-10-25(7-8-28-14)19(26)18-15-5-3-4-6-16(15)23-24-18/h3-6,9,14H,7-8,10-12H2,1-2H3,(H,23,24). The zero-order valence-corrected chi connectivity index (χ0v) is 17.6. The van der Waals surface area contributed by atoms with Crippen molar-refractivity contribution in [2.45, 2.75) is 17.9 Å². The van der Waals surface area contributed by atoms with E-state index in [9.17, 15) is 4.79 Å². The van der Waals surface area contributed by atoms with E-state index in [1.54, 1.807) is 18.1 Å². The van der Waals surface area contributed by atoms with Gasteiger partial charge in [0.15, 0.2) is 10.9 Å². The molecule has 10 heteroatoms. The molecule has 1 atom stereocenters. The normalized spacial score (nSPS) is 16.7. The molecule has 1 amide bonds. The molecular formula is C20H23N5O4S. The summed E-state index contributed by atoms with van der Waals surface area (Å²) in [5.41, 5.74) is 2.02. The SMILES string of the molecule is COCc1cc(OCC2CN(C(=O)c3n[nH]c4ccccc34)CCO2)nc(SC)n1. The zero-order valence-electron chi connectivity index (χ0n) is 16.8. The molecule has 158 valence electrons. The first-order chi connectivity index (χ1) is 14.7. The van der Waals surface area contributed by atoms with Gasteiger partial charge in [0.1, 0.15) is 12.7 Å². The molecule has 0 radical (unpaired) electrons. The number of ether oxygens (including phenoxy) is 3. The number of aromatic amines is 1. The number of carbonyl (C=O) groups is 1. The number of aromatic nitrogens is 4. The molecule has 2 aromatic heterocycles. The highest BCUT2D eigenvalue weighted by molar-refractivity contribution is 7.98. The monoisotopic (exact) mass is 429 g/mol. The summed E-state index contributed by atoms with van der Waals surface area (Å²) < 4.78 is 16.8. The van der Waals surface area contributed by atoms with E-state index in [1.807, 2.05) is 30.5 Å². The summed E-state index contributed by atoms with van der Waals surface area (Å²) in [5.74, 6) is 0.349. The van der Waals surface area contributed by atoms with Gasteiger partial charge in [-0.05, 0) is 12.3 Å². The van der Waals surface area contributed by atoms with Gasteiger partial charge < -0.3 is 19.1 Å². The van der Waals surface area contributed by atoms with Crippen molar-refractivity contribution < 1.29 is 19.0 Å². The van der Waals surface area contributed by atoms with Gasteiger partial charge in [0.2, 0.25) is 5.88 Å². The van der Waals surface area contributed by atoms with Crippen LogP contribution in [-0.4, -0.2) is 76.7 Å². The van der Waals surface area contributed by atoms with E-state index < -0.39 is 0 Å². The van der Waals surface area contributed by atoms with Crippen molar-refractivity contribution >= 4 is 28.6 Å². The van der Waals surface area contributed by atoms with Gasteiger partial charge in [0.25, 0.3) is 5.91 Å². The number of hydrogen-bond acceptors (Lipinski definition) is 8. The number of hydrogen-bond donors (Lipinski definition) is 1. The number of methoxy groups -OCH3 is 1. The summed E-state index contributed by atoms with van der Waals surface area (Å²) in [5, 5.41) is 8.56. The highest BCUT2D eigenvalue weighted by atomic mass is 32.2. The highest BCUT2D eigenvalue weighted by Gasteiger charge is 2.28. The molecule has 1 N–H and O–H groups in total. The Bertz CT molecular complexity index is 1030. The topological polar surface area (TPSA) is 102 Å². The molecule has 0 bridgehead atoms. The fraction of sp³-hybridized carbons (Fsp3) is 0.400. The Morgan fingerprint density at radius 1 is 1.37 bits per heavy atom. The molecule has 1 aliphatic heterocycles. The third-order valence-electron chi connectivity index (χ3n) is 4.73. The predicted octanol–water partition coefficient (Wildman–Crippen LogP) is 2.14. The van der Waals surface area contributed by atoms with E-state index in [0.717, 1.165) is 16.6 Å². The molecule has 1 saturated heterocycles. The van der Waals surface area contributed by atoms with Crippen LogP contribution in [0.25, 0.3) is 10.9 Å². The van der Waals surface area contributed by atoms with Crippen molar-refractivity contribution in [3.8, 4) is 5.88 Å². The molecular weight excluding hydrogens is 406 g/mol. The Balaban J connectivity index is 1.41. The van der Waals surface area contributed by atoms with E-state index >= 15 is 0 Å². The molecule has 1 aromatic carbocycles. The first-order valence-corrected chi connectivity index (χ1v) is 10.8. The van der Waals surface area contributed by atoms with E-state index in [2.05, 4.69) is 20.2 Å². The van der Waals surface area contributed by atoms with Gasteiger partial charge in [-0.3, -0.25) is 9.89 Å². The van der Waals surface area contributed by atoms with Crippen LogP contribution in [0.15, 0.2) is 35.5 Å². The number of thioether (sulfide) groups is 1. The molecule has 1 fully saturated rings. The lowest BCUT2D eigenvalue weighted by Crippen LogP contribution is -2.47. The third kappa shape index (κ3) is 4.55. The first-order valence-electron chi connectivity index (χ1n) is 9.55. The third-order valence-corrected chi connectivity index (χ3v) is 5.27. The number of nitrogens with one attached hydrogen (secondary N) is 1. The van der Waals surface area contributed by atoms with Crippen molar-refractivity contribution in [3.05, 3.63) is 41.7 Å². The fourth-order valence-electron chi connectivity index (χ4n) is 3.30. The molecule has 3 aromatic rings. The minimum absolute atomic E-state index is 0.116. The second-order valence-electron chi connectivity index (χ2n) is 6.79. The Hall–Kier alpha value is -2.69. The van der Waals surface area contributed by atoms with Gasteiger partial charge >= 0.3 is 0 Å². The van der Waals surface area contributed by atoms with Crippen LogP contribution < -0.4 is 4.74 Å². The number of para-hydroxylation sites is 1. The number of amides is 1. The van der Waals surface area contributed by atoms with Gasteiger partial charge in [-0.25, -0.2) is 4.98 Å². The molecule has 4 rings (SSSR count). The van der Waals surface area contributed by atoms with Crippen molar-refractivity contribution in [1.82, 2.24) is 25.1 Å². The van der Waals surface area contributed by atoms with Gasteiger partial charge in [0.05, 0.1) is 31.0 Å². The van der Waals surface area contributed by atoms with Crippen LogP contribution in [0, 0.1) is 0 Å². The van der Waals surface area contributed by atoms with Crippen LogP contribution in [0.3, 0.4) is 0 Å². The second-order valence-corrected chi connectivity index (χ2v) is 7.56. The fourth-order valence-corrected chi connectivity index (χ4v) is 3.69. The van der Waals surface area contributed by atoms with Crippen molar-refractivity contribution in [2.24, 2.45) is 0 Å². The van der Waals surface area contributed by atoms with Crippen LogP contribution in [-0.2, 0) is 16.1 Å². The highest BCUT2D eigenvalue weighted by Crippen LogP contribution is 2.20. The summed E-state index contributed by atoms with van der Waals surface area (Å²) in [6.07, 6.45) is 1.65. The van der Waals surface area contributed by atoms with E-state index in [4.69, 9.17) is 14.2 Å². The Kier molecular flexibility index (Phi) is 6.46. The van der Waals surface area contributed by atoms with E-state index in [-0.39, 0.29) is 18.6 Å². The average molecular weight is 430 g/mol. The molecule has 0 saturated carbocycles. The zero-order chi connectivity index (χ0) is 20.9. The number of nitrogens with zero attached hydrogens (tertiary/aromatic N) is 4. The van der Waals surface area contributed by atoms with Crippen molar-refractivity contribution in [3.63, 3.8) is 0 Å². The molecule has 3 heterocycles. The van der Waals surface area contributed by atoms with Crippen LogP contribution in [0.5, 0.6) is 5.88 Å². The van der Waals surface area contributed by atoms with Crippen LogP contribution in [0.4, 0.5) is 0 Å². The molecule has 30 heavy (non-hydrogen) atoms. The number of benzene rings is 1. The van der Waals surface area contributed by atoms with Crippen LogP contribution >= 0.6 is 11.8 Å². The van der Waals surface area contributed by atoms with Crippen molar-refractivity contribution in [1.29, 1.82) is 0 Å². The Morgan fingerprint density at radius 3 is 3.07 bits per heavy atom. The van der Waals surface area contributed by atoms with Gasteiger partial charge in [-0.15, -0.1) is 0 Å². The molecule has 9 nitrogen and oxygen atoms in total. The second kappa shape index (κ2) is 9.41. The van der Waals surface area contributed by atoms with Gasteiger partial charge in [-0.2, -0.15) is 10.1 Å². The molecule has 0 spiro atoms. The van der Waals surface area contributed by atoms with Crippen LogP contribution in [0.2, 0.25) is 0 Å². The summed E-state index contributed by atoms with van der Waals surface area (Å²) in [7, 11) is 1.62. The van der Waals surface area contributed by atoms with Gasteiger partial charge in [0, 0.05) is 25.1 Å². The number of rotatable bonds is 7. The lowest BCUT2D eigenvalue weighted by molar-refractivity contribution is -0.0409. The predicted molar refractivity (Wildman–Crippen MR) is 112 cm³/mol. The minimum Gasteiger partial charge on any atom is -0.475 e. The maximum Gasteiger partial charge on any atom is 0.275 e. The lowest BCUT2D eigenvalue weighted by atomic mass is 10.2. The Labute approximate surface area is 178 Å². The van der Waals surface area contributed by atoms with Crippen LogP contribution in [0.1, 0.15) is 16.2 Å². The van der Waals surface area contributed by atoms with Crippen molar-refractivity contribution in [2.75, 3.05) is 39.7 Å². The minimum atomic E-state index is -0.258. The van der Waals surface area contributed by atoms with Gasteiger partial charge in [-0.1, -0.05) is 30.0 Å².